The Balaban J connectivity index is 2.05. The van der Waals surface area contributed by atoms with Gasteiger partial charge in [-0.05, 0) is 12.8 Å². The highest BCUT2D eigenvalue weighted by molar-refractivity contribution is 7.91. The number of anilines is 1. The fourth-order valence-corrected chi connectivity index (χ4v) is 3.70. The maximum Gasteiger partial charge on any atom is 0.270 e. The monoisotopic (exact) mass is 292 g/mol. The Morgan fingerprint density at radius 2 is 2.11 bits per heavy atom. The quantitative estimate of drug-likeness (QED) is 0.631. The molecule has 1 amide bonds. The highest BCUT2D eigenvalue weighted by Gasteiger charge is 2.32. The number of nitrogens with zero attached hydrogens (tertiary/aromatic N) is 2. The zero-order valence-corrected chi connectivity index (χ0v) is 11.1. The Bertz CT molecular complexity index is 549. The average molecular weight is 292 g/mol. The van der Waals surface area contributed by atoms with E-state index in [0.717, 1.165) is 11.3 Å². The fourth-order valence-electron chi connectivity index (χ4n) is 1.47. The summed E-state index contributed by atoms with van der Waals surface area (Å²) in [6, 6.07) is -0.266. The SMILES string of the molecule is CC(=O)Nc1nnc(S(=O)(=O)NC2CC(O)C2)s1. The Morgan fingerprint density at radius 3 is 2.67 bits per heavy atom. The van der Waals surface area contributed by atoms with Gasteiger partial charge in [-0.2, -0.15) is 0 Å². The van der Waals surface area contributed by atoms with Gasteiger partial charge in [0.15, 0.2) is 0 Å². The van der Waals surface area contributed by atoms with Gasteiger partial charge in [0.1, 0.15) is 0 Å². The first kappa shape index (κ1) is 13.3. The van der Waals surface area contributed by atoms with Crippen molar-refractivity contribution < 1.29 is 18.3 Å². The molecule has 1 aromatic rings. The van der Waals surface area contributed by atoms with E-state index < -0.39 is 16.1 Å². The third kappa shape index (κ3) is 3.02. The summed E-state index contributed by atoms with van der Waals surface area (Å²) < 4.78 is 25.9. The molecule has 2 rings (SSSR count). The Morgan fingerprint density at radius 1 is 1.44 bits per heavy atom. The van der Waals surface area contributed by atoms with E-state index in [1.165, 1.54) is 6.92 Å². The summed E-state index contributed by atoms with van der Waals surface area (Å²) >= 11 is 0.778. The van der Waals surface area contributed by atoms with E-state index in [1.807, 2.05) is 0 Å². The van der Waals surface area contributed by atoms with Gasteiger partial charge in [0.05, 0.1) is 6.10 Å². The van der Waals surface area contributed by atoms with Gasteiger partial charge in [-0.15, -0.1) is 10.2 Å². The maximum atomic E-state index is 11.8. The molecule has 1 aliphatic carbocycles. The third-order valence-corrected chi connectivity index (χ3v) is 5.08. The van der Waals surface area contributed by atoms with Crippen LogP contribution in [0.2, 0.25) is 0 Å². The minimum atomic E-state index is -3.73. The van der Waals surface area contributed by atoms with Gasteiger partial charge >= 0.3 is 0 Å². The minimum Gasteiger partial charge on any atom is -0.393 e. The van der Waals surface area contributed by atoms with Crippen LogP contribution in [0, 0.1) is 0 Å². The van der Waals surface area contributed by atoms with Crippen molar-refractivity contribution in [1.29, 1.82) is 0 Å². The summed E-state index contributed by atoms with van der Waals surface area (Å²) in [6.45, 7) is 1.30. The molecule has 0 aliphatic heterocycles. The smallest absolute Gasteiger partial charge is 0.270 e. The van der Waals surface area contributed by atoms with Crippen molar-refractivity contribution in [2.75, 3.05) is 5.32 Å². The van der Waals surface area contributed by atoms with Crippen molar-refractivity contribution >= 4 is 32.4 Å². The molecular formula is C8H12N4O4S2. The largest absolute Gasteiger partial charge is 0.393 e. The van der Waals surface area contributed by atoms with Gasteiger partial charge in [-0.1, -0.05) is 11.3 Å². The summed E-state index contributed by atoms with van der Waals surface area (Å²) in [6.07, 6.45) is 0.356. The molecule has 1 fully saturated rings. The number of carbonyl (C=O) groups excluding carboxylic acids is 1. The van der Waals surface area contributed by atoms with Gasteiger partial charge in [0, 0.05) is 13.0 Å². The molecule has 1 saturated carbocycles. The number of aliphatic hydroxyl groups is 1. The van der Waals surface area contributed by atoms with Gasteiger partial charge in [-0.3, -0.25) is 4.79 Å². The lowest BCUT2D eigenvalue weighted by molar-refractivity contribution is -0.114. The van der Waals surface area contributed by atoms with Crippen LogP contribution in [-0.4, -0.2) is 41.8 Å². The third-order valence-electron chi connectivity index (χ3n) is 2.35. The second-order valence-electron chi connectivity index (χ2n) is 4.00. The molecule has 8 nitrogen and oxygen atoms in total. The van der Waals surface area contributed by atoms with Gasteiger partial charge < -0.3 is 10.4 Å². The zero-order valence-electron chi connectivity index (χ0n) is 9.45. The Kier molecular flexibility index (Phi) is 3.61. The standard InChI is InChI=1S/C8H12N4O4S2/c1-4(13)9-7-10-11-8(17-7)18(15,16)12-5-2-6(14)3-5/h5-6,12,14H,2-3H2,1H3,(H,9,10,13). The van der Waals surface area contributed by atoms with Crippen LogP contribution >= 0.6 is 11.3 Å². The van der Waals surface area contributed by atoms with Crippen molar-refractivity contribution in [3.8, 4) is 0 Å². The fraction of sp³-hybridized carbons (Fsp3) is 0.625. The lowest BCUT2D eigenvalue weighted by atomic mass is 9.91. The van der Waals surface area contributed by atoms with Gasteiger partial charge in [-0.25, -0.2) is 13.1 Å². The second-order valence-corrected chi connectivity index (χ2v) is 6.86. The molecule has 0 saturated heterocycles. The summed E-state index contributed by atoms with van der Waals surface area (Å²) in [4.78, 5) is 10.8. The number of carbonyl (C=O) groups is 1. The molecular weight excluding hydrogens is 280 g/mol. The van der Waals surface area contributed by atoms with Crippen LogP contribution in [0.25, 0.3) is 0 Å². The summed E-state index contributed by atoms with van der Waals surface area (Å²) in [7, 11) is -3.73. The molecule has 1 aliphatic rings. The number of aliphatic hydroxyl groups excluding tert-OH is 1. The lowest BCUT2D eigenvalue weighted by Crippen LogP contribution is -2.46. The van der Waals surface area contributed by atoms with E-state index >= 15 is 0 Å². The highest BCUT2D eigenvalue weighted by atomic mass is 32.2. The topological polar surface area (TPSA) is 121 Å². The molecule has 0 unspecified atom stereocenters. The summed E-state index contributed by atoms with van der Waals surface area (Å²) in [5, 5.41) is 18.6. The Hall–Kier alpha value is -1.10. The predicted octanol–water partition coefficient (Wildman–Crippen LogP) is -0.702. The average Bonchev–Trinajstić information content (AvgIpc) is 2.63. The molecule has 0 radical (unpaired) electrons. The molecule has 1 heterocycles. The molecule has 18 heavy (non-hydrogen) atoms. The van der Waals surface area contributed by atoms with Crippen molar-refractivity contribution in [1.82, 2.24) is 14.9 Å². The van der Waals surface area contributed by atoms with Crippen LogP contribution in [0.5, 0.6) is 0 Å². The summed E-state index contributed by atoms with van der Waals surface area (Å²) in [5.74, 6) is -0.342. The number of nitrogens with one attached hydrogen (secondary N) is 2. The first-order valence-electron chi connectivity index (χ1n) is 5.18. The van der Waals surface area contributed by atoms with Crippen LogP contribution in [0.3, 0.4) is 0 Å². The number of amides is 1. The second kappa shape index (κ2) is 4.88. The minimum absolute atomic E-state index is 0.136. The maximum absolute atomic E-state index is 11.8. The molecule has 0 aromatic carbocycles. The van der Waals surface area contributed by atoms with Crippen molar-refractivity contribution in [2.24, 2.45) is 0 Å². The molecule has 0 bridgehead atoms. The normalized spacial score (nSPS) is 23.4. The molecule has 1 aromatic heterocycles. The van der Waals surface area contributed by atoms with Crippen LogP contribution in [0.1, 0.15) is 19.8 Å². The van der Waals surface area contributed by atoms with E-state index in [0.29, 0.717) is 12.8 Å². The first-order chi connectivity index (χ1) is 8.37. The first-order valence-corrected chi connectivity index (χ1v) is 7.48. The number of hydrogen-bond acceptors (Lipinski definition) is 7. The van der Waals surface area contributed by atoms with E-state index in [-0.39, 0.29) is 21.4 Å². The number of hydrogen-bond donors (Lipinski definition) is 3. The summed E-state index contributed by atoms with van der Waals surface area (Å²) in [5.41, 5.74) is 0. The Labute approximate surface area is 107 Å². The molecule has 10 heteroatoms. The van der Waals surface area contributed by atoms with Gasteiger partial charge in [0.25, 0.3) is 10.0 Å². The molecule has 0 spiro atoms. The van der Waals surface area contributed by atoms with E-state index in [1.54, 1.807) is 0 Å². The van der Waals surface area contributed by atoms with Gasteiger partial charge in [0.2, 0.25) is 15.4 Å². The van der Waals surface area contributed by atoms with Crippen LogP contribution < -0.4 is 10.0 Å². The van der Waals surface area contributed by atoms with Crippen molar-refractivity contribution in [2.45, 2.75) is 36.3 Å². The van der Waals surface area contributed by atoms with E-state index in [2.05, 4.69) is 20.2 Å². The number of sulfonamides is 1. The number of rotatable bonds is 4. The van der Waals surface area contributed by atoms with Crippen molar-refractivity contribution in [3.63, 3.8) is 0 Å². The predicted molar refractivity (Wildman–Crippen MR) is 63.6 cm³/mol. The lowest BCUT2D eigenvalue weighted by Gasteiger charge is -2.31. The van der Waals surface area contributed by atoms with E-state index in [9.17, 15) is 13.2 Å². The van der Waals surface area contributed by atoms with Crippen LogP contribution in [0.4, 0.5) is 5.13 Å². The van der Waals surface area contributed by atoms with Crippen molar-refractivity contribution in [3.05, 3.63) is 0 Å². The highest BCUT2D eigenvalue weighted by Crippen LogP contribution is 2.24. The molecule has 100 valence electrons. The van der Waals surface area contributed by atoms with Crippen LogP contribution in [0.15, 0.2) is 4.34 Å². The van der Waals surface area contributed by atoms with Crippen LogP contribution in [-0.2, 0) is 14.8 Å². The zero-order chi connectivity index (χ0) is 13.3. The molecule has 0 atom stereocenters. The van der Waals surface area contributed by atoms with E-state index in [4.69, 9.17) is 5.11 Å². The molecule has 3 N–H and O–H groups in total. The number of aromatic nitrogens is 2.